The van der Waals surface area contributed by atoms with Gasteiger partial charge >= 0.3 is 0 Å². The maximum Gasteiger partial charge on any atom is 0.169 e. The number of hydrogen-bond acceptors (Lipinski definition) is 5. The minimum Gasteiger partial charge on any atom is -0.496 e. The summed E-state index contributed by atoms with van der Waals surface area (Å²) in [6, 6.07) is 25.8. The van der Waals surface area contributed by atoms with Gasteiger partial charge in [-0.1, -0.05) is 54.6 Å². The van der Waals surface area contributed by atoms with Crippen LogP contribution in [0.5, 0.6) is 5.75 Å². The zero-order valence-corrected chi connectivity index (χ0v) is 15.5. The molecule has 0 saturated carbocycles. The molecule has 5 nitrogen and oxygen atoms in total. The number of aromatic nitrogens is 2. The van der Waals surface area contributed by atoms with Crippen molar-refractivity contribution in [3.8, 4) is 5.75 Å². The monoisotopic (exact) mass is 368 g/mol. The first-order chi connectivity index (χ1) is 13.8. The number of fused-ring (bicyclic) bond motifs is 1. The highest BCUT2D eigenvalue weighted by molar-refractivity contribution is 5.84. The van der Waals surface area contributed by atoms with Gasteiger partial charge in [0, 0.05) is 12.0 Å². The van der Waals surface area contributed by atoms with Crippen LogP contribution in [0.2, 0.25) is 0 Å². The standard InChI is InChI=1S/C23H20N4O/c1-28-22-14-8-5-11-18(22)16-24-27-23-21(15-17-9-3-2-4-10-17)25-19-12-6-7-13-20(19)26-23/h2-14,16H,15H2,1H3,(H,26,27)/b24-16-. The summed E-state index contributed by atoms with van der Waals surface area (Å²) >= 11 is 0. The van der Waals surface area contributed by atoms with Crippen LogP contribution in [-0.2, 0) is 6.42 Å². The summed E-state index contributed by atoms with van der Waals surface area (Å²) in [7, 11) is 1.65. The van der Waals surface area contributed by atoms with Crippen molar-refractivity contribution in [1.82, 2.24) is 9.97 Å². The molecular formula is C23H20N4O. The van der Waals surface area contributed by atoms with Gasteiger partial charge in [-0.15, -0.1) is 0 Å². The van der Waals surface area contributed by atoms with Gasteiger partial charge in [0.1, 0.15) is 5.75 Å². The number of benzene rings is 3. The Balaban J connectivity index is 1.66. The first-order valence-corrected chi connectivity index (χ1v) is 9.05. The molecule has 0 atom stereocenters. The lowest BCUT2D eigenvalue weighted by Gasteiger charge is -2.09. The van der Waals surface area contributed by atoms with Crippen molar-refractivity contribution < 1.29 is 4.74 Å². The Bertz CT molecular complexity index is 1110. The summed E-state index contributed by atoms with van der Waals surface area (Å²) < 4.78 is 5.36. The molecule has 4 rings (SSSR count). The highest BCUT2D eigenvalue weighted by atomic mass is 16.5. The predicted molar refractivity (Wildman–Crippen MR) is 113 cm³/mol. The molecule has 0 saturated heterocycles. The second-order valence-corrected chi connectivity index (χ2v) is 6.28. The molecular weight excluding hydrogens is 348 g/mol. The number of nitrogens with zero attached hydrogens (tertiary/aromatic N) is 3. The zero-order valence-electron chi connectivity index (χ0n) is 15.5. The first-order valence-electron chi connectivity index (χ1n) is 9.05. The van der Waals surface area contributed by atoms with Crippen LogP contribution in [0.3, 0.4) is 0 Å². The van der Waals surface area contributed by atoms with Crippen molar-refractivity contribution in [1.29, 1.82) is 0 Å². The minimum absolute atomic E-state index is 0.647. The van der Waals surface area contributed by atoms with Gasteiger partial charge in [0.25, 0.3) is 0 Å². The normalized spacial score (nSPS) is 11.0. The number of rotatable bonds is 6. The van der Waals surface area contributed by atoms with E-state index in [1.807, 2.05) is 66.7 Å². The van der Waals surface area contributed by atoms with Crippen molar-refractivity contribution in [2.75, 3.05) is 12.5 Å². The molecule has 0 aliphatic heterocycles. The Labute approximate surface area is 163 Å². The number of methoxy groups -OCH3 is 1. The number of ether oxygens (including phenoxy) is 1. The van der Waals surface area contributed by atoms with Crippen LogP contribution >= 0.6 is 0 Å². The van der Waals surface area contributed by atoms with E-state index in [9.17, 15) is 0 Å². The van der Waals surface area contributed by atoms with Gasteiger partial charge in [-0.05, 0) is 29.8 Å². The molecule has 0 amide bonds. The van der Waals surface area contributed by atoms with Crippen LogP contribution in [0.1, 0.15) is 16.8 Å². The Hall–Kier alpha value is -3.73. The average Bonchev–Trinajstić information content (AvgIpc) is 2.75. The molecule has 0 unspecified atom stereocenters. The van der Waals surface area contributed by atoms with Crippen molar-refractivity contribution in [3.63, 3.8) is 0 Å². The maximum absolute atomic E-state index is 5.36. The molecule has 1 aromatic heterocycles. The van der Waals surface area contributed by atoms with E-state index in [0.717, 1.165) is 28.0 Å². The van der Waals surface area contributed by atoms with E-state index in [1.165, 1.54) is 5.56 Å². The van der Waals surface area contributed by atoms with Gasteiger partial charge in [-0.2, -0.15) is 5.10 Å². The lowest BCUT2D eigenvalue weighted by molar-refractivity contribution is 0.414. The van der Waals surface area contributed by atoms with Gasteiger partial charge in [0.2, 0.25) is 0 Å². The van der Waals surface area contributed by atoms with Crippen molar-refractivity contribution in [3.05, 3.63) is 95.7 Å². The van der Waals surface area contributed by atoms with Gasteiger partial charge in [0.15, 0.2) is 5.82 Å². The third-order valence-electron chi connectivity index (χ3n) is 4.37. The summed E-state index contributed by atoms with van der Waals surface area (Å²) in [5.41, 5.74) is 7.67. The number of anilines is 1. The molecule has 1 N–H and O–H groups in total. The molecule has 1 heterocycles. The SMILES string of the molecule is COc1ccccc1/C=N\Nc1nc2ccccc2nc1Cc1ccccc1. The fraction of sp³-hybridized carbons (Fsp3) is 0.0870. The predicted octanol–water partition coefficient (Wildman–Crippen LogP) is 4.68. The second kappa shape index (κ2) is 8.31. The maximum atomic E-state index is 5.36. The van der Waals surface area contributed by atoms with E-state index >= 15 is 0 Å². The van der Waals surface area contributed by atoms with Crippen LogP contribution in [0.15, 0.2) is 84.0 Å². The second-order valence-electron chi connectivity index (χ2n) is 6.28. The highest BCUT2D eigenvalue weighted by Crippen LogP contribution is 2.20. The van der Waals surface area contributed by atoms with E-state index in [-0.39, 0.29) is 0 Å². The molecule has 0 fully saturated rings. The van der Waals surface area contributed by atoms with Crippen LogP contribution < -0.4 is 10.2 Å². The van der Waals surface area contributed by atoms with E-state index in [0.29, 0.717) is 12.2 Å². The Morgan fingerprint density at radius 2 is 1.54 bits per heavy atom. The molecule has 0 radical (unpaired) electrons. The molecule has 3 aromatic carbocycles. The Kier molecular flexibility index (Phi) is 5.24. The average molecular weight is 368 g/mol. The smallest absolute Gasteiger partial charge is 0.169 e. The summed E-state index contributed by atoms with van der Waals surface area (Å²) in [5.74, 6) is 1.41. The van der Waals surface area contributed by atoms with Crippen LogP contribution in [-0.4, -0.2) is 23.3 Å². The van der Waals surface area contributed by atoms with Crippen LogP contribution in [0, 0.1) is 0 Å². The van der Waals surface area contributed by atoms with Crippen molar-refractivity contribution >= 4 is 23.1 Å². The highest BCUT2D eigenvalue weighted by Gasteiger charge is 2.09. The molecule has 0 aliphatic carbocycles. The summed E-state index contributed by atoms with van der Waals surface area (Å²) in [6.07, 6.45) is 2.40. The first kappa shape index (κ1) is 17.7. The van der Waals surface area contributed by atoms with Gasteiger partial charge in [0.05, 0.1) is 30.1 Å². The molecule has 0 spiro atoms. The molecule has 0 aliphatic rings. The van der Waals surface area contributed by atoms with Crippen molar-refractivity contribution in [2.24, 2.45) is 5.10 Å². The van der Waals surface area contributed by atoms with Gasteiger partial charge in [-0.3, -0.25) is 5.43 Å². The topological polar surface area (TPSA) is 59.4 Å². The quantitative estimate of drug-likeness (QED) is 0.397. The van der Waals surface area contributed by atoms with E-state index in [1.54, 1.807) is 13.3 Å². The van der Waals surface area contributed by atoms with E-state index in [2.05, 4.69) is 22.7 Å². The summed E-state index contributed by atoms with van der Waals surface area (Å²) in [5, 5.41) is 4.37. The molecule has 0 bridgehead atoms. The lowest BCUT2D eigenvalue weighted by Crippen LogP contribution is -2.04. The third-order valence-corrected chi connectivity index (χ3v) is 4.37. The minimum atomic E-state index is 0.647. The Morgan fingerprint density at radius 3 is 2.32 bits per heavy atom. The van der Waals surface area contributed by atoms with E-state index in [4.69, 9.17) is 14.7 Å². The Morgan fingerprint density at radius 1 is 0.857 bits per heavy atom. The number of hydrazone groups is 1. The van der Waals surface area contributed by atoms with Crippen LogP contribution in [0.4, 0.5) is 5.82 Å². The largest absolute Gasteiger partial charge is 0.496 e. The molecule has 5 heteroatoms. The van der Waals surface area contributed by atoms with Gasteiger partial charge in [-0.25, -0.2) is 9.97 Å². The van der Waals surface area contributed by atoms with Crippen molar-refractivity contribution in [2.45, 2.75) is 6.42 Å². The lowest BCUT2D eigenvalue weighted by atomic mass is 10.1. The zero-order chi connectivity index (χ0) is 19.2. The number of nitrogens with one attached hydrogen (secondary N) is 1. The molecule has 28 heavy (non-hydrogen) atoms. The fourth-order valence-electron chi connectivity index (χ4n) is 2.97. The molecule has 138 valence electrons. The van der Waals surface area contributed by atoms with Crippen LogP contribution in [0.25, 0.3) is 11.0 Å². The summed E-state index contributed by atoms with van der Waals surface area (Å²) in [4.78, 5) is 9.53. The number of hydrogen-bond donors (Lipinski definition) is 1. The van der Waals surface area contributed by atoms with E-state index < -0.39 is 0 Å². The van der Waals surface area contributed by atoms with Gasteiger partial charge < -0.3 is 4.74 Å². The summed E-state index contributed by atoms with van der Waals surface area (Å²) in [6.45, 7) is 0. The fourth-order valence-corrected chi connectivity index (χ4v) is 2.97. The number of para-hydroxylation sites is 3. The third kappa shape index (κ3) is 3.99. The molecule has 4 aromatic rings.